The Kier molecular flexibility index (Phi) is 5.78. The Hall–Kier alpha value is -1.44. The number of hydrogen-bond donors (Lipinski definition) is 2. The first-order chi connectivity index (χ1) is 10.8. The quantitative estimate of drug-likeness (QED) is 0.845. The lowest BCUT2D eigenvalue weighted by Gasteiger charge is -2.34. The highest BCUT2D eigenvalue weighted by Crippen LogP contribution is 2.15. The molecule has 1 fully saturated rings. The molecule has 1 aliphatic rings. The Morgan fingerprint density at radius 3 is 2.61 bits per heavy atom. The summed E-state index contributed by atoms with van der Waals surface area (Å²) in [6.07, 6.45) is 0.719. The van der Waals surface area contributed by atoms with Crippen LogP contribution in [0.25, 0.3) is 0 Å². The van der Waals surface area contributed by atoms with Crippen LogP contribution < -0.4 is 10.0 Å². The monoisotopic (exact) mass is 339 g/mol. The SMILES string of the molecule is CCC(C)NS(=O)(=O)c1ccc(C(=O)N2CCNC[C@@H]2C)cc1. The van der Waals surface area contributed by atoms with Gasteiger partial charge in [-0.25, -0.2) is 13.1 Å². The fourth-order valence-electron chi connectivity index (χ4n) is 2.50. The molecule has 7 heteroatoms. The molecule has 0 spiro atoms. The van der Waals surface area contributed by atoms with Gasteiger partial charge < -0.3 is 10.2 Å². The highest BCUT2D eigenvalue weighted by molar-refractivity contribution is 7.89. The summed E-state index contributed by atoms with van der Waals surface area (Å²) in [6, 6.07) is 6.16. The lowest BCUT2D eigenvalue weighted by atomic mass is 10.1. The number of carbonyl (C=O) groups excluding carboxylic acids is 1. The largest absolute Gasteiger partial charge is 0.333 e. The Bertz CT molecular complexity index is 643. The van der Waals surface area contributed by atoms with Crippen LogP contribution in [0.1, 0.15) is 37.6 Å². The summed E-state index contributed by atoms with van der Waals surface area (Å²) in [5.74, 6) is -0.0576. The molecule has 0 bridgehead atoms. The molecular weight excluding hydrogens is 314 g/mol. The molecular formula is C16H25N3O3S. The van der Waals surface area contributed by atoms with Crippen LogP contribution >= 0.6 is 0 Å². The van der Waals surface area contributed by atoms with Crippen molar-refractivity contribution in [3.05, 3.63) is 29.8 Å². The van der Waals surface area contributed by atoms with Gasteiger partial charge in [0.1, 0.15) is 0 Å². The Labute approximate surface area is 138 Å². The second kappa shape index (κ2) is 7.42. The fourth-order valence-corrected chi connectivity index (χ4v) is 3.83. The van der Waals surface area contributed by atoms with E-state index in [1.807, 2.05) is 25.7 Å². The molecule has 1 unspecified atom stereocenters. The molecule has 1 aromatic rings. The Morgan fingerprint density at radius 1 is 1.39 bits per heavy atom. The van der Waals surface area contributed by atoms with Crippen LogP contribution in [0.4, 0.5) is 0 Å². The second-order valence-electron chi connectivity index (χ2n) is 6.01. The minimum atomic E-state index is -3.53. The number of benzene rings is 1. The number of carbonyl (C=O) groups is 1. The van der Waals surface area contributed by atoms with E-state index < -0.39 is 10.0 Å². The van der Waals surface area contributed by atoms with Crippen LogP contribution in [-0.2, 0) is 10.0 Å². The molecule has 1 heterocycles. The summed E-state index contributed by atoms with van der Waals surface area (Å²) in [4.78, 5) is 14.5. The number of amides is 1. The van der Waals surface area contributed by atoms with Crippen molar-refractivity contribution in [1.29, 1.82) is 0 Å². The van der Waals surface area contributed by atoms with Gasteiger partial charge in [-0.05, 0) is 44.5 Å². The van der Waals surface area contributed by atoms with Crippen LogP contribution in [0.15, 0.2) is 29.2 Å². The first-order valence-corrected chi connectivity index (χ1v) is 9.47. The molecule has 1 aliphatic heterocycles. The summed E-state index contributed by atoms with van der Waals surface area (Å²) in [7, 11) is -3.53. The van der Waals surface area contributed by atoms with Crippen LogP contribution in [0, 0.1) is 0 Å². The average Bonchev–Trinajstić information content (AvgIpc) is 2.54. The lowest BCUT2D eigenvalue weighted by Crippen LogP contribution is -2.52. The number of piperazine rings is 1. The van der Waals surface area contributed by atoms with E-state index in [9.17, 15) is 13.2 Å². The van der Waals surface area contributed by atoms with Crippen molar-refractivity contribution in [3.8, 4) is 0 Å². The molecule has 1 aromatic carbocycles. The third-order valence-electron chi connectivity index (χ3n) is 4.14. The third-order valence-corrected chi connectivity index (χ3v) is 5.75. The Morgan fingerprint density at radius 2 is 2.04 bits per heavy atom. The van der Waals surface area contributed by atoms with Gasteiger partial charge in [-0.3, -0.25) is 4.79 Å². The Balaban J connectivity index is 2.14. The molecule has 1 saturated heterocycles. The summed E-state index contributed by atoms with van der Waals surface area (Å²) in [5, 5.41) is 3.24. The predicted molar refractivity (Wildman–Crippen MR) is 89.9 cm³/mol. The van der Waals surface area contributed by atoms with Crippen molar-refractivity contribution in [3.63, 3.8) is 0 Å². The van der Waals surface area contributed by atoms with Crippen molar-refractivity contribution in [1.82, 2.24) is 14.9 Å². The van der Waals surface area contributed by atoms with E-state index >= 15 is 0 Å². The van der Waals surface area contributed by atoms with Crippen LogP contribution in [0.2, 0.25) is 0 Å². The minimum Gasteiger partial charge on any atom is -0.333 e. The maximum absolute atomic E-state index is 12.5. The van der Waals surface area contributed by atoms with Gasteiger partial charge in [-0.1, -0.05) is 6.92 Å². The van der Waals surface area contributed by atoms with Crippen molar-refractivity contribution in [2.24, 2.45) is 0 Å². The summed E-state index contributed by atoms with van der Waals surface area (Å²) in [6.45, 7) is 7.96. The van der Waals surface area contributed by atoms with Gasteiger partial charge in [0.05, 0.1) is 4.90 Å². The molecule has 0 aromatic heterocycles. The second-order valence-corrected chi connectivity index (χ2v) is 7.72. The number of hydrogen-bond acceptors (Lipinski definition) is 4. The van der Waals surface area contributed by atoms with Gasteiger partial charge >= 0.3 is 0 Å². The molecule has 0 radical (unpaired) electrons. The summed E-state index contributed by atoms with van der Waals surface area (Å²) in [5.41, 5.74) is 0.515. The molecule has 128 valence electrons. The number of nitrogens with one attached hydrogen (secondary N) is 2. The van der Waals surface area contributed by atoms with Crippen LogP contribution in [0.3, 0.4) is 0 Å². The maximum atomic E-state index is 12.5. The van der Waals surface area contributed by atoms with Crippen LogP contribution in [0.5, 0.6) is 0 Å². The summed E-state index contributed by atoms with van der Waals surface area (Å²) >= 11 is 0. The smallest absolute Gasteiger partial charge is 0.254 e. The average molecular weight is 339 g/mol. The topological polar surface area (TPSA) is 78.5 Å². The standard InChI is InChI=1S/C16H25N3O3S/c1-4-12(2)18-23(21,22)15-7-5-14(6-8-15)16(20)19-10-9-17-11-13(19)3/h5-8,12-13,17-18H,4,9-11H2,1-3H3/t12?,13-/m0/s1. The van der Waals surface area contributed by atoms with Gasteiger partial charge in [-0.2, -0.15) is 0 Å². The van der Waals surface area contributed by atoms with Gasteiger partial charge in [0.15, 0.2) is 0 Å². The van der Waals surface area contributed by atoms with E-state index in [1.54, 1.807) is 12.1 Å². The first kappa shape index (κ1) is 17.9. The normalized spacial score (nSPS) is 20.3. The first-order valence-electron chi connectivity index (χ1n) is 7.99. The zero-order valence-corrected chi connectivity index (χ0v) is 14.7. The predicted octanol–water partition coefficient (Wildman–Crippen LogP) is 1.20. The van der Waals surface area contributed by atoms with E-state index in [1.165, 1.54) is 12.1 Å². The van der Waals surface area contributed by atoms with E-state index in [-0.39, 0.29) is 22.9 Å². The molecule has 0 aliphatic carbocycles. The van der Waals surface area contributed by atoms with E-state index in [2.05, 4.69) is 10.0 Å². The van der Waals surface area contributed by atoms with Crippen LogP contribution in [-0.4, -0.2) is 50.9 Å². The molecule has 1 amide bonds. The highest BCUT2D eigenvalue weighted by atomic mass is 32.2. The van der Waals surface area contributed by atoms with Gasteiger partial charge in [0, 0.05) is 37.3 Å². The van der Waals surface area contributed by atoms with E-state index in [0.29, 0.717) is 12.1 Å². The van der Waals surface area contributed by atoms with Crippen molar-refractivity contribution in [2.75, 3.05) is 19.6 Å². The number of nitrogens with zero attached hydrogens (tertiary/aromatic N) is 1. The molecule has 6 nitrogen and oxygen atoms in total. The van der Waals surface area contributed by atoms with Crippen molar-refractivity contribution < 1.29 is 13.2 Å². The number of sulfonamides is 1. The zero-order valence-electron chi connectivity index (χ0n) is 13.9. The highest BCUT2D eigenvalue weighted by Gasteiger charge is 2.24. The van der Waals surface area contributed by atoms with Crippen molar-refractivity contribution in [2.45, 2.75) is 44.2 Å². The lowest BCUT2D eigenvalue weighted by molar-refractivity contribution is 0.0655. The van der Waals surface area contributed by atoms with Gasteiger partial charge in [-0.15, -0.1) is 0 Å². The molecule has 23 heavy (non-hydrogen) atoms. The molecule has 0 saturated carbocycles. The third kappa shape index (κ3) is 4.31. The fraction of sp³-hybridized carbons (Fsp3) is 0.562. The van der Waals surface area contributed by atoms with Gasteiger partial charge in [0.2, 0.25) is 10.0 Å². The minimum absolute atomic E-state index is 0.0576. The van der Waals surface area contributed by atoms with E-state index in [4.69, 9.17) is 0 Å². The van der Waals surface area contributed by atoms with Gasteiger partial charge in [0.25, 0.3) is 5.91 Å². The van der Waals surface area contributed by atoms with Crippen molar-refractivity contribution >= 4 is 15.9 Å². The molecule has 2 N–H and O–H groups in total. The number of rotatable bonds is 5. The summed E-state index contributed by atoms with van der Waals surface area (Å²) < 4.78 is 27.1. The zero-order chi connectivity index (χ0) is 17.0. The molecule has 2 rings (SSSR count). The molecule has 2 atom stereocenters. The maximum Gasteiger partial charge on any atom is 0.254 e. The van der Waals surface area contributed by atoms with E-state index in [0.717, 1.165) is 19.5 Å².